The highest BCUT2D eigenvalue weighted by Crippen LogP contribution is 2.42. The van der Waals surface area contributed by atoms with Gasteiger partial charge in [-0.1, -0.05) is 18.2 Å². The summed E-state index contributed by atoms with van der Waals surface area (Å²) < 4.78 is 14.4. The van der Waals surface area contributed by atoms with Crippen LogP contribution in [0.5, 0.6) is 5.75 Å². The summed E-state index contributed by atoms with van der Waals surface area (Å²) in [7, 11) is 4.02. The van der Waals surface area contributed by atoms with Crippen LogP contribution in [0.2, 0.25) is 0 Å². The van der Waals surface area contributed by atoms with Crippen molar-refractivity contribution < 1.29 is 14.3 Å². The minimum atomic E-state index is -0.278. The van der Waals surface area contributed by atoms with Gasteiger partial charge >= 0.3 is 5.97 Å². The fourth-order valence-corrected chi connectivity index (χ4v) is 5.29. The SMILES string of the molecule is CCOC(=O)c1c(CSc2ccccc2)n(C)c2cc(Br)c3c(c12)CN(C)CO3. The second-order valence-electron chi connectivity index (χ2n) is 7.05. The van der Waals surface area contributed by atoms with E-state index in [0.717, 1.165) is 32.4 Å². The van der Waals surface area contributed by atoms with E-state index >= 15 is 0 Å². The molecule has 7 heteroatoms. The van der Waals surface area contributed by atoms with Crippen molar-refractivity contribution in [1.82, 2.24) is 9.47 Å². The van der Waals surface area contributed by atoms with E-state index < -0.39 is 0 Å². The van der Waals surface area contributed by atoms with Crippen molar-refractivity contribution in [2.75, 3.05) is 20.4 Å². The lowest BCUT2D eigenvalue weighted by molar-refractivity contribution is 0.0527. The lowest BCUT2D eigenvalue weighted by Crippen LogP contribution is -2.28. The number of ether oxygens (including phenoxy) is 2. The van der Waals surface area contributed by atoms with Gasteiger partial charge in [0.15, 0.2) is 0 Å². The molecule has 0 saturated heterocycles. The number of fused-ring (bicyclic) bond motifs is 3. The molecule has 0 N–H and O–H groups in total. The van der Waals surface area contributed by atoms with E-state index in [4.69, 9.17) is 9.47 Å². The smallest absolute Gasteiger partial charge is 0.340 e. The molecule has 0 unspecified atom stereocenters. The average molecular weight is 475 g/mol. The number of hydrogen-bond acceptors (Lipinski definition) is 5. The summed E-state index contributed by atoms with van der Waals surface area (Å²) in [5, 5.41) is 0.930. The summed E-state index contributed by atoms with van der Waals surface area (Å²) in [6.07, 6.45) is 0. The van der Waals surface area contributed by atoms with Gasteiger partial charge in [-0.2, -0.15) is 0 Å². The van der Waals surface area contributed by atoms with E-state index in [9.17, 15) is 4.79 Å². The lowest BCUT2D eigenvalue weighted by Gasteiger charge is -2.27. The summed E-state index contributed by atoms with van der Waals surface area (Å²) in [4.78, 5) is 16.3. The van der Waals surface area contributed by atoms with Crippen molar-refractivity contribution in [3.05, 3.63) is 57.7 Å². The average Bonchev–Trinajstić information content (AvgIpc) is 2.99. The molecule has 2 heterocycles. The number of nitrogens with zero attached hydrogens (tertiary/aromatic N) is 2. The number of esters is 1. The monoisotopic (exact) mass is 474 g/mol. The molecule has 5 nitrogen and oxygen atoms in total. The number of halogens is 1. The Morgan fingerprint density at radius 2 is 2.03 bits per heavy atom. The Morgan fingerprint density at radius 3 is 2.76 bits per heavy atom. The molecule has 4 rings (SSSR count). The van der Waals surface area contributed by atoms with Gasteiger partial charge in [0, 0.05) is 40.9 Å². The number of benzene rings is 2. The van der Waals surface area contributed by atoms with Crippen molar-refractivity contribution in [2.24, 2.45) is 7.05 Å². The van der Waals surface area contributed by atoms with Crippen molar-refractivity contribution in [2.45, 2.75) is 24.1 Å². The number of aryl methyl sites for hydroxylation is 1. The molecule has 152 valence electrons. The first-order chi connectivity index (χ1) is 14.0. The third-order valence-electron chi connectivity index (χ3n) is 5.07. The number of carbonyl (C=O) groups is 1. The van der Waals surface area contributed by atoms with Gasteiger partial charge in [-0.25, -0.2) is 4.79 Å². The maximum Gasteiger partial charge on any atom is 0.340 e. The summed E-state index contributed by atoms with van der Waals surface area (Å²) in [6.45, 7) is 3.42. The maximum atomic E-state index is 13.0. The molecule has 2 aromatic carbocycles. The fourth-order valence-electron chi connectivity index (χ4n) is 3.73. The predicted octanol–water partition coefficient (Wildman–Crippen LogP) is 5.19. The zero-order valence-corrected chi connectivity index (χ0v) is 19.1. The van der Waals surface area contributed by atoms with Crippen LogP contribution in [0.3, 0.4) is 0 Å². The van der Waals surface area contributed by atoms with Gasteiger partial charge in [0.2, 0.25) is 0 Å². The molecule has 0 amide bonds. The van der Waals surface area contributed by atoms with Crippen LogP contribution in [0.25, 0.3) is 10.9 Å². The van der Waals surface area contributed by atoms with Crippen molar-refractivity contribution in [3.8, 4) is 5.75 Å². The van der Waals surface area contributed by atoms with Gasteiger partial charge in [0.05, 0.1) is 22.2 Å². The summed E-state index contributed by atoms with van der Waals surface area (Å²) >= 11 is 5.37. The topological polar surface area (TPSA) is 43.7 Å². The van der Waals surface area contributed by atoms with Crippen LogP contribution in [0.1, 0.15) is 28.5 Å². The van der Waals surface area contributed by atoms with Crippen LogP contribution in [0.4, 0.5) is 0 Å². The van der Waals surface area contributed by atoms with Crippen LogP contribution in [-0.2, 0) is 24.1 Å². The predicted molar refractivity (Wildman–Crippen MR) is 120 cm³/mol. The molecule has 0 bridgehead atoms. The van der Waals surface area contributed by atoms with E-state index in [1.165, 1.54) is 4.90 Å². The zero-order chi connectivity index (χ0) is 20.5. The van der Waals surface area contributed by atoms with Crippen LogP contribution in [-0.4, -0.2) is 35.8 Å². The second kappa shape index (κ2) is 8.42. The van der Waals surface area contributed by atoms with Gasteiger partial charge < -0.3 is 14.0 Å². The van der Waals surface area contributed by atoms with Crippen LogP contribution >= 0.6 is 27.7 Å². The van der Waals surface area contributed by atoms with E-state index in [0.29, 0.717) is 31.2 Å². The van der Waals surface area contributed by atoms with E-state index in [1.807, 2.05) is 45.3 Å². The van der Waals surface area contributed by atoms with Crippen molar-refractivity contribution in [3.63, 3.8) is 0 Å². The Bertz CT molecular complexity index is 1070. The molecule has 1 aliphatic rings. The fraction of sp³-hybridized carbons (Fsp3) is 0.318. The highest BCUT2D eigenvalue weighted by Gasteiger charge is 2.29. The summed E-state index contributed by atoms with van der Waals surface area (Å²) in [5.74, 6) is 1.21. The van der Waals surface area contributed by atoms with Gasteiger partial charge in [-0.15, -0.1) is 11.8 Å². The van der Waals surface area contributed by atoms with Gasteiger partial charge in [0.1, 0.15) is 12.5 Å². The molecule has 0 saturated carbocycles. The van der Waals surface area contributed by atoms with Crippen molar-refractivity contribution >= 4 is 44.6 Å². The number of carbonyl (C=O) groups excluding carboxylic acids is 1. The van der Waals surface area contributed by atoms with Crippen molar-refractivity contribution in [1.29, 1.82) is 0 Å². The van der Waals surface area contributed by atoms with E-state index in [-0.39, 0.29) is 5.97 Å². The Hall–Kier alpha value is -1.96. The molecule has 0 radical (unpaired) electrons. The van der Waals surface area contributed by atoms with E-state index in [1.54, 1.807) is 11.8 Å². The molecule has 1 aromatic heterocycles. The minimum absolute atomic E-state index is 0.278. The quantitative estimate of drug-likeness (QED) is 0.375. The Balaban J connectivity index is 1.90. The standard InChI is InChI=1S/C22H23BrN2O3S/c1-4-27-22(26)20-18(12-29-14-8-6-5-7-9-14)25(3)17-10-16(23)21-15(19(17)20)11-24(2)13-28-21/h5-10H,4,11-13H2,1-3H3. The first kappa shape index (κ1) is 20.3. The molecular weight excluding hydrogens is 452 g/mol. The second-order valence-corrected chi connectivity index (χ2v) is 8.95. The normalized spacial score (nSPS) is 13.9. The number of hydrogen-bond donors (Lipinski definition) is 0. The Kier molecular flexibility index (Phi) is 5.90. The van der Waals surface area contributed by atoms with Gasteiger partial charge in [-0.05, 0) is 48.1 Å². The molecule has 0 fully saturated rings. The largest absolute Gasteiger partial charge is 0.477 e. The molecule has 1 aliphatic heterocycles. The molecule has 0 atom stereocenters. The number of rotatable bonds is 5. The van der Waals surface area contributed by atoms with E-state index in [2.05, 4.69) is 37.5 Å². The molecular formula is C22H23BrN2O3S. The molecule has 0 spiro atoms. The van der Waals surface area contributed by atoms with Gasteiger partial charge in [0.25, 0.3) is 0 Å². The number of thioether (sulfide) groups is 1. The van der Waals surface area contributed by atoms with Crippen LogP contribution in [0.15, 0.2) is 45.8 Å². The minimum Gasteiger partial charge on any atom is -0.477 e. The summed E-state index contributed by atoms with van der Waals surface area (Å²) in [6, 6.07) is 12.3. The summed E-state index contributed by atoms with van der Waals surface area (Å²) in [5.41, 5.74) is 3.63. The Labute approximate surface area is 183 Å². The van der Waals surface area contributed by atoms with Gasteiger partial charge in [-0.3, -0.25) is 4.90 Å². The zero-order valence-electron chi connectivity index (χ0n) is 16.7. The number of aromatic nitrogens is 1. The highest BCUT2D eigenvalue weighted by molar-refractivity contribution is 9.10. The first-order valence-corrected chi connectivity index (χ1v) is 11.3. The molecule has 3 aromatic rings. The Morgan fingerprint density at radius 1 is 1.28 bits per heavy atom. The van der Waals surface area contributed by atoms with Crippen LogP contribution < -0.4 is 4.74 Å². The lowest BCUT2D eigenvalue weighted by atomic mass is 10.0. The third-order valence-corrected chi connectivity index (χ3v) is 6.69. The third kappa shape index (κ3) is 3.79. The highest BCUT2D eigenvalue weighted by atomic mass is 79.9. The maximum absolute atomic E-state index is 13.0. The molecule has 0 aliphatic carbocycles. The first-order valence-electron chi connectivity index (χ1n) is 9.50. The van der Waals surface area contributed by atoms with Crippen LogP contribution in [0, 0.1) is 0 Å². The molecule has 29 heavy (non-hydrogen) atoms.